The number of hydrogen-bond acceptors (Lipinski definition) is 3. The van der Waals surface area contributed by atoms with Crippen molar-refractivity contribution in [3.8, 4) is 0 Å². The molecule has 0 saturated heterocycles. The van der Waals surface area contributed by atoms with Gasteiger partial charge in [0.1, 0.15) is 5.82 Å². The number of benzene rings is 1. The zero-order valence-corrected chi connectivity index (χ0v) is 14.4. The molecular formula is C17H23N3O2S. The number of imidazole rings is 1. The van der Waals surface area contributed by atoms with Gasteiger partial charge in [0.2, 0.25) is 10.0 Å². The van der Waals surface area contributed by atoms with Crippen molar-refractivity contribution in [1.29, 1.82) is 0 Å². The molecule has 6 heteroatoms. The first kappa shape index (κ1) is 16.2. The van der Waals surface area contributed by atoms with Gasteiger partial charge in [-0.25, -0.2) is 18.1 Å². The number of aromatic nitrogens is 2. The minimum atomic E-state index is -3.31. The Balaban J connectivity index is 1.63. The Hall–Kier alpha value is -1.66. The third-order valence-electron chi connectivity index (χ3n) is 4.30. The van der Waals surface area contributed by atoms with Gasteiger partial charge in [0.15, 0.2) is 0 Å². The summed E-state index contributed by atoms with van der Waals surface area (Å²) >= 11 is 0. The van der Waals surface area contributed by atoms with Crippen LogP contribution >= 0.6 is 0 Å². The van der Waals surface area contributed by atoms with E-state index in [0.29, 0.717) is 6.54 Å². The van der Waals surface area contributed by atoms with Gasteiger partial charge in [-0.05, 0) is 24.8 Å². The average Bonchev–Trinajstić information content (AvgIpc) is 2.86. The van der Waals surface area contributed by atoms with Gasteiger partial charge in [-0.3, -0.25) is 0 Å². The van der Waals surface area contributed by atoms with E-state index in [4.69, 9.17) is 0 Å². The van der Waals surface area contributed by atoms with Crippen molar-refractivity contribution >= 4 is 10.0 Å². The van der Waals surface area contributed by atoms with E-state index in [1.54, 1.807) is 0 Å². The van der Waals surface area contributed by atoms with Crippen molar-refractivity contribution < 1.29 is 8.42 Å². The van der Waals surface area contributed by atoms with E-state index in [2.05, 4.69) is 14.3 Å². The molecule has 1 aromatic heterocycles. The maximum Gasteiger partial charge on any atom is 0.212 e. The molecule has 1 N–H and O–H groups in total. The molecule has 124 valence electrons. The van der Waals surface area contributed by atoms with E-state index in [1.807, 2.05) is 50.4 Å². The largest absolute Gasteiger partial charge is 0.333 e. The third-order valence-corrected chi connectivity index (χ3v) is 5.93. The standard InChI is InChI=1S/C17H23N3O2S/c1-13(15-6-4-3-5-7-15)12-23(21,22)19-16-8-9-17-18-14(2)10-20(17)11-16/h3-7,10,13,16,19H,8-9,11-12H2,1-2H3/t13-,16+/m1/s1. The molecule has 5 nitrogen and oxygen atoms in total. The molecule has 3 rings (SSSR count). The van der Waals surface area contributed by atoms with Crippen LogP contribution in [0, 0.1) is 6.92 Å². The van der Waals surface area contributed by atoms with E-state index in [-0.39, 0.29) is 17.7 Å². The molecule has 0 bridgehead atoms. The van der Waals surface area contributed by atoms with Crippen molar-refractivity contribution in [2.45, 2.75) is 45.2 Å². The normalized spacial score (nSPS) is 19.3. The highest BCUT2D eigenvalue weighted by atomic mass is 32.2. The Morgan fingerprint density at radius 2 is 2.09 bits per heavy atom. The SMILES string of the molecule is Cc1cn2c(n1)CC[C@H](NS(=O)(=O)C[C@@H](C)c1ccccc1)C2. The number of aryl methyl sites for hydroxylation is 2. The Bertz CT molecular complexity index is 768. The predicted octanol–water partition coefficient (Wildman–Crippen LogP) is 2.23. The molecule has 0 saturated carbocycles. The summed E-state index contributed by atoms with van der Waals surface area (Å²) in [5.41, 5.74) is 2.04. The monoisotopic (exact) mass is 333 g/mol. The van der Waals surface area contributed by atoms with Gasteiger partial charge in [0.25, 0.3) is 0 Å². The van der Waals surface area contributed by atoms with E-state index >= 15 is 0 Å². The second kappa shape index (κ2) is 6.45. The molecule has 0 radical (unpaired) electrons. The van der Waals surface area contributed by atoms with Crippen molar-refractivity contribution in [2.24, 2.45) is 0 Å². The van der Waals surface area contributed by atoms with Gasteiger partial charge in [-0.2, -0.15) is 0 Å². The van der Waals surface area contributed by atoms with Crippen molar-refractivity contribution in [3.05, 3.63) is 53.6 Å². The fourth-order valence-corrected chi connectivity index (χ4v) is 4.84. The number of fused-ring (bicyclic) bond motifs is 1. The van der Waals surface area contributed by atoms with Crippen LogP contribution in [-0.4, -0.2) is 29.8 Å². The lowest BCUT2D eigenvalue weighted by atomic mass is 10.0. The minimum Gasteiger partial charge on any atom is -0.333 e. The smallest absolute Gasteiger partial charge is 0.212 e. The fourth-order valence-electron chi connectivity index (χ4n) is 3.19. The minimum absolute atomic E-state index is 0.0247. The number of nitrogens with one attached hydrogen (secondary N) is 1. The van der Waals surface area contributed by atoms with Gasteiger partial charge in [0, 0.05) is 25.2 Å². The van der Waals surface area contributed by atoms with Crippen molar-refractivity contribution in [1.82, 2.24) is 14.3 Å². The Morgan fingerprint density at radius 1 is 1.35 bits per heavy atom. The molecule has 1 aliphatic heterocycles. The van der Waals surface area contributed by atoms with Gasteiger partial charge in [0.05, 0.1) is 11.4 Å². The molecular weight excluding hydrogens is 310 g/mol. The van der Waals surface area contributed by atoms with Crippen molar-refractivity contribution in [2.75, 3.05) is 5.75 Å². The van der Waals surface area contributed by atoms with E-state index in [0.717, 1.165) is 29.9 Å². The predicted molar refractivity (Wildman–Crippen MR) is 90.9 cm³/mol. The first-order chi connectivity index (χ1) is 10.9. The van der Waals surface area contributed by atoms with Crippen LogP contribution in [0.3, 0.4) is 0 Å². The van der Waals surface area contributed by atoms with Crippen LogP contribution in [-0.2, 0) is 23.0 Å². The summed E-state index contributed by atoms with van der Waals surface area (Å²) in [5, 5.41) is 0. The molecule has 23 heavy (non-hydrogen) atoms. The summed E-state index contributed by atoms with van der Waals surface area (Å²) in [5.74, 6) is 1.14. The van der Waals surface area contributed by atoms with Crippen LogP contribution in [0.5, 0.6) is 0 Å². The van der Waals surface area contributed by atoms with Gasteiger partial charge < -0.3 is 4.57 Å². The van der Waals surface area contributed by atoms with E-state index < -0.39 is 10.0 Å². The molecule has 0 aliphatic carbocycles. The highest BCUT2D eigenvalue weighted by molar-refractivity contribution is 7.89. The summed E-state index contributed by atoms with van der Waals surface area (Å²) < 4.78 is 29.9. The highest BCUT2D eigenvalue weighted by Crippen LogP contribution is 2.19. The molecule has 1 aliphatic rings. The summed E-state index contributed by atoms with van der Waals surface area (Å²) in [7, 11) is -3.31. The van der Waals surface area contributed by atoms with Crippen LogP contribution in [0.4, 0.5) is 0 Å². The number of hydrogen-bond donors (Lipinski definition) is 1. The van der Waals surface area contributed by atoms with Crippen LogP contribution in [0.25, 0.3) is 0 Å². The Kier molecular flexibility index (Phi) is 4.55. The van der Waals surface area contributed by atoms with Gasteiger partial charge in [-0.15, -0.1) is 0 Å². The van der Waals surface area contributed by atoms with Gasteiger partial charge in [-0.1, -0.05) is 37.3 Å². The molecule has 2 aromatic rings. The van der Waals surface area contributed by atoms with Crippen LogP contribution < -0.4 is 4.72 Å². The van der Waals surface area contributed by atoms with Crippen molar-refractivity contribution in [3.63, 3.8) is 0 Å². The molecule has 0 amide bonds. The first-order valence-electron chi connectivity index (χ1n) is 8.00. The Morgan fingerprint density at radius 3 is 2.83 bits per heavy atom. The second-order valence-corrected chi connectivity index (χ2v) is 8.20. The number of nitrogens with zero attached hydrogens (tertiary/aromatic N) is 2. The molecule has 1 aromatic carbocycles. The summed E-state index contributed by atoms with van der Waals surface area (Å²) in [6.07, 6.45) is 3.60. The summed E-state index contributed by atoms with van der Waals surface area (Å²) in [6, 6.07) is 9.72. The lowest BCUT2D eigenvalue weighted by Gasteiger charge is -2.25. The number of sulfonamides is 1. The lowest BCUT2D eigenvalue weighted by molar-refractivity contribution is 0.420. The van der Waals surface area contributed by atoms with Crippen LogP contribution in [0.15, 0.2) is 36.5 Å². The number of rotatable bonds is 5. The quantitative estimate of drug-likeness (QED) is 0.912. The topological polar surface area (TPSA) is 64.0 Å². The highest BCUT2D eigenvalue weighted by Gasteiger charge is 2.25. The summed E-state index contributed by atoms with van der Waals surface area (Å²) in [6.45, 7) is 4.58. The lowest BCUT2D eigenvalue weighted by Crippen LogP contribution is -2.42. The second-order valence-electron chi connectivity index (χ2n) is 6.40. The molecule has 0 fully saturated rings. The van der Waals surface area contributed by atoms with E-state index in [9.17, 15) is 8.42 Å². The third kappa shape index (κ3) is 4.00. The van der Waals surface area contributed by atoms with E-state index in [1.165, 1.54) is 0 Å². The average molecular weight is 333 g/mol. The summed E-state index contributed by atoms with van der Waals surface area (Å²) in [4.78, 5) is 4.46. The molecule has 2 atom stereocenters. The van der Waals surface area contributed by atoms with Gasteiger partial charge >= 0.3 is 0 Å². The zero-order valence-electron chi connectivity index (χ0n) is 13.6. The molecule has 0 unspecified atom stereocenters. The fraction of sp³-hybridized carbons (Fsp3) is 0.471. The maximum absolute atomic E-state index is 12.5. The maximum atomic E-state index is 12.5. The van der Waals surface area contributed by atoms with Crippen LogP contribution in [0.2, 0.25) is 0 Å². The van der Waals surface area contributed by atoms with Crippen LogP contribution in [0.1, 0.15) is 36.3 Å². The molecule has 2 heterocycles. The first-order valence-corrected chi connectivity index (χ1v) is 9.66. The zero-order chi connectivity index (χ0) is 16.4. The molecule has 0 spiro atoms. The Labute approximate surface area is 137 Å².